The van der Waals surface area contributed by atoms with Gasteiger partial charge >= 0.3 is 0 Å². The zero-order valence-electron chi connectivity index (χ0n) is 15.8. The summed E-state index contributed by atoms with van der Waals surface area (Å²) >= 11 is 0. The van der Waals surface area contributed by atoms with Gasteiger partial charge in [-0.15, -0.1) is 0 Å². The summed E-state index contributed by atoms with van der Waals surface area (Å²) in [5, 5.41) is -0.530. The van der Waals surface area contributed by atoms with E-state index in [0.717, 1.165) is 29.7 Å². The first-order chi connectivity index (χ1) is 13.6. The van der Waals surface area contributed by atoms with Crippen molar-refractivity contribution in [2.24, 2.45) is 0 Å². The number of aromatic nitrogens is 1. The summed E-state index contributed by atoms with van der Waals surface area (Å²) in [6.45, 7) is 1.42. The van der Waals surface area contributed by atoms with E-state index in [1.165, 1.54) is 0 Å². The quantitative estimate of drug-likeness (QED) is 0.774. The van der Waals surface area contributed by atoms with Crippen LogP contribution in [0, 0.1) is 0 Å². The van der Waals surface area contributed by atoms with Gasteiger partial charge in [0.25, 0.3) is 0 Å². The smallest absolute Gasteiger partial charge is 0.239 e. The molecule has 2 aliphatic rings. The Labute approximate surface area is 166 Å². The Morgan fingerprint density at radius 3 is 2.71 bits per heavy atom. The maximum Gasteiger partial charge on any atom is 0.239 e. The van der Waals surface area contributed by atoms with Crippen LogP contribution in [0.3, 0.4) is 0 Å². The fourth-order valence-electron chi connectivity index (χ4n) is 4.12. The van der Waals surface area contributed by atoms with Gasteiger partial charge in [0.05, 0.1) is 10.9 Å². The van der Waals surface area contributed by atoms with E-state index in [1.807, 2.05) is 36.4 Å². The summed E-state index contributed by atoms with van der Waals surface area (Å²) in [7, 11) is -3.48. The van der Waals surface area contributed by atoms with E-state index in [0.29, 0.717) is 32.4 Å². The number of carbonyl (C=O) groups is 1. The molecule has 0 aliphatic carbocycles. The molecule has 0 spiro atoms. The highest BCUT2D eigenvalue weighted by Gasteiger charge is 2.38. The lowest BCUT2D eigenvalue weighted by Gasteiger charge is -2.35. The molecule has 1 fully saturated rings. The van der Waals surface area contributed by atoms with Gasteiger partial charge in [0.1, 0.15) is 0 Å². The van der Waals surface area contributed by atoms with Crippen molar-refractivity contribution in [1.82, 2.24) is 9.88 Å². The molecule has 3 heterocycles. The standard InChI is InChI=1S/C21H25N3O3S/c25-21(8-7-17-9-12-22-13-10-17)23-14-3-5-19(16-23)28(26,27)24-15-11-18-4-1-2-6-20(18)24/h1-2,4,6,9-10,12-13,19H,3,5,7-8,11,14-16H2/t19-/m0/s1. The molecule has 148 valence electrons. The highest BCUT2D eigenvalue weighted by Crippen LogP contribution is 2.33. The Morgan fingerprint density at radius 1 is 1.11 bits per heavy atom. The molecule has 2 aromatic rings. The molecule has 1 aromatic heterocycles. The third-order valence-electron chi connectivity index (χ3n) is 5.68. The van der Waals surface area contributed by atoms with Crippen molar-refractivity contribution in [1.29, 1.82) is 0 Å². The van der Waals surface area contributed by atoms with Crippen LogP contribution >= 0.6 is 0 Å². The van der Waals surface area contributed by atoms with Crippen molar-refractivity contribution in [3.05, 3.63) is 59.9 Å². The van der Waals surface area contributed by atoms with Gasteiger partial charge in [-0.1, -0.05) is 18.2 Å². The molecule has 4 rings (SSSR count). The minimum atomic E-state index is -3.48. The van der Waals surface area contributed by atoms with Gasteiger partial charge in [-0.05, 0) is 55.0 Å². The third kappa shape index (κ3) is 3.76. The second kappa shape index (κ2) is 7.91. The number of amides is 1. The minimum absolute atomic E-state index is 0.0264. The number of fused-ring (bicyclic) bond motifs is 1. The topological polar surface area (TPSA) is 70.6 Å². The highest BCUT2D eigenvalue weighted by molar-refractivity contribution is 7.93. The van der Waals surface area contributed by atoms with Crippen LogP contribution in [-0.4, -0.2) is 49.1 Å². The van der Waals surface area contributed by atoms with Crippen LogP contribution in [0.1, 0.15) is 30.4 Å². The van der Waals surface area contributed by atoms with Gasteiger partial charge < -0.3 is 4.90 Å². The monoisotopic (exact) mass is 399 g/mol. The van der Waals surface area contributed by atoms with Gasteiger partial charge in [0.15, 0.2) is 0 Å². The van der Waals surface area contributed by atoms with E-state index in [9.17, 15) is 13.2 Å². The largest absolute Gasteiger partial charge is 0.341 e. The van der Waals surface area contributed by atoms with E-state index >= 15 is 0 Å². The average molecular weight is 400 g/mol. The van der Waals surface area contributed by atoms with Gasteiger partial charge in [0, 0.05) is 38.4 Å². The van der Waals surface area contributed by atoms with Gasteiger partial charge in [0.2, 0.25) is 15.9 Å². The molecule has 0 radical (unpaired) electrons. The Bertz CT molecular complexity index is 946. The molecule has 1 amide bonds. The first kappa shape index (κ1) is 18.9. The van der Waals surface area contributed by atoms with Crippen molar-refractivity contribution in [3.63, 3.8) is 0 Å². The summed E-state index contributed by atoms with van der Waals surface area (Å²) in [4.78, 5) is 18.4. The normalized spacial score (nSPS) is 19.5. The van der Waals surface area contributed by atoms with Crippen LogP contribution in [-0.2, 0) is 27.7 Å². The number of hydrogen-bond acceptors (Lipinski definition) is 4. The molecule has 1 aromatic carbocycles. The molecule has 0 bridgehead atoms. The van der Waals surface area contributed by atoms with Gasteiger partial charge in [-0.2, -0.15) is 0 Å². The Kier molecular flexibility index (Phi) is 5.35. The van der Waals surface area contributed by atoms with Crippen molar-refractivity contribution >= 4 is 21.6 Å². The van der Waals surface area contributed by atoms with Crippen LogP contribution in [0.4, 0.5) is 5.69 Å². The molecule has 1 atom stereocenters. The predicted octanol–water partition coefficient (Wildman–Crippen LogP) is 2.40. The van der Waals surface area contributed by atoms with Crippen LogP contribution in [0.15, 0.2) is 48.8 Å². The van der Waals surface area contributed by atoms with Gasteiger partial charge in [-0.3, -0.25) is 14.1 Å². The molecule has 2 aliphatic heterocycles. The number of sulfonamides is 1. The van der Waals surface area contributed by atoms with E-state index in [2.05, 4.69) is 4.98 Å². The lowest BCUT2D eigenvalue weighted by atomic mass is 10.1. The van der Waals surface area contributed by atoms with Crippen molar-refractivity contribution in [2.75, 3.05) is 23.9 Å². The number of benzene rings is 1. The van der Waals surface area contributed by atoms with Crippen molar-refractivity contribution in [2.45, 2.75) is 37.4 Å². The maximum absolute atomic E-state index is 13.3. The molecule has 0 saturated carbocycles. The fraction of sp³-hybridized carbons (Fsp3) is 0.429. The molecular formula is C21H25N3O3S. The SMILES string of the molecule is O=C(CCc1ccncc1)N1CCC[C@H](S(=O)(=O)N2CCc3ccccc32)C1. The first-order valence-electron chi connectivity index (χ1n) is 9.82. The summed E-state index contributed by atoms with van der Waals surface area (Å²) in [6.07, 6.45) is 6.55. The summed E-state index contributed by atoms with van der Waals surface area (Å²) in [5.41, 5.74) is 2.94. The Morgan fingerprint density at radius 2 is 1.89 bits per heavy atom. The van der Waals surface area contributed by atoms with Crippen LogP contribution < -0.4 is 4.31 Å². The number of nitrogens with zero attached hydrogens (tertiary/aromatic N) is 3. The second-order valence-corrected chi connectivity index (χ2v) is 9.59. The summed E-state index contributed by atoms with van der Waals surface area (Å²) in [5.74, 6) is 0.0264. The third-order valence-corrected chi connectivity index (χ3v) is 7.90. The van der Waals surface area contributed by atoms with Crippen LogP contribution in [0.2, 0.25) is 0 Å². The molecular weight excluding hydrogens is 374 g/mol. The molecule has 6 nitrogen and oxygen atoms in total. The summed E-state index contributed by atoms with van der Waals surface area (Å²) in [6, 6.07) is 11.5. The number of carbonyl (C=O) groups excluding carboxylic acids is 1. The zero-order chi connectivity index (χ0) is 19.6. The highest BCUT2D eigenvalue weighted by atomic mass is 32.2. The average Bonchev–Trinajstić information content (AvgIpc) is 3.18. The second-order valence-electron chi connectivity index (χ2n) is 7.46. The number of rotatable bonds is 5. The van der Waals surface area contributed by atoms with E-state index in [-0.39, 0.29) is 12.5 Å². The van der Waals surface area contributed by atoms with Crippen molar-refractivity contribution < 1.29 is 13.2 Å². The zero-order valence-corrected chi connectivity index (χ0v) is 16.6. The number of para-hydroxylation sites is 1. The van der Waals surface area contributed by atoms with Crippen molar-refractivity contribution in [3.8, 4) is 0 Å². The predicted molar refractivity (Wildman–Crippen MR) is 109 cm³/mol. The number of aryl methyl sites for hydroxylation is 1. The van der Waals surface area contributed by atoms with Crippen LogP contribution in [0.25, 0.3) is 0 Å². The number of piperidine rings is 1. The molecule has 28 heavy (non-hydrogen) atoms. The minimum Gasteiger partial charge on any atom is -0.341 e. The number of hydrogen-bond donors (Lipinski definition) is 0. The molecule has 1 saturated heterocycles. The number of anilines is 1. The Balaban J connectivity index is 1.42. The first-order valence-corrected chi connectivity index (χ1v) is 11.3. The summed E-state index contributed by atoms with van der Waals surface area (Å²) < 4.78 is 28.1. The van der Waals surface area contributed by atoms with E-state index in [1.54, 1.807) is 21.6 Å². The number of pyridine rings is 1. The van der Waals surface area contributed by atoms with Crippen LogP contribution in [0.5, 0.6) is 0 Å². The van der Waals surface area contributed by atoms with Gasteiger partial charge in [-0.25, -0.2) is 8.42 Å². The lowest BCUT2D eigenvalue weighted by Crippen LogP contribution is -2.49. The molecule has 0 N–H and O–H groups in total. The maximum atomic E-state index is 13.3. The van der Waals surface area contributed by atoms with E-state index < -0.39 is 15.3 Å². The Hall–Kier alpha value is -2.41. The molecule has 0 unspecified atom stereocenters. The fourth-order valence-corrected chi connectivity index (χ4v) is 6.11. The lowest BCUT2D eigenvalue weighted by molar-refractivity contribution is -0.131. The van der Waals surface area contributed by atoms with E-state index in [4.69, 9.17) is 0 Å². The molecule has 7 heteroatoms. The number of likely N-dealkylation sites (tertiary alicyclic amines) is 1.